The van der Waals surface area contributed by atoms with E-state index in [2.05, 4.69) is 61.9 Å². The van der Waals surface area contributed by atoms with Crippen LogP contribution in [0.5, 0.6) is 0 Å². The molecule has 0 aliphatic rings. The summed E-state index contributed by atoms with van der Waals surface area (Å²) in [4.78, 5) is 16.6. The van der Waals surface area contributed by atoms with Crippen LogP contribution in [0.25, 0.3) is 0 Å². The van der Waals surface area contributed by atoms with Gasteiger partial charge in [-0.1, -0.05) is 50.5 Å². The van der Waals surface area contributed by atoms with Gasteiger partial charge in [0.05, 0.1) is 0 Å². The van der Waals surface area contributed by atoms with E-state index in [1.165, 1.54) is 5.57 Å². The second kappa shape index (κ2) is 13.1. The second-order valence-corrected chi connectivity index (χ2v) is 7.31. The van der Waals surface area contributed by atoms with Gasteiger partial charge in [0, 0.05) is 24.3 Å². The van der Waals surface area contributed by atoms with E-state index in [-0.39, 0.29) is 5.43 Å². The van der Waals surface area contributed by atoms with E-state index in [9.17, 15) is 4.79 Å². The van der Waals surface area contributed by atoms with E-state index in [1.807, 2.05) is 27.0 Å². The molecule has 0 spiro atoms. The van der Waals surface area contributed by atoms with Crippen LogP contribution in [-0.4, -0.2) is 17.8 Å². The largest absolute Gasteiger partial charge is 0.375 e. The molecule has 4 heteroatoms. The first-order valence-corrected chi connectivity index (χ1v) is 9.93. The van der Waals surface area contributed by atoms with Crippen LogP contribution < -0.4 is 10.7 Å². The van der Waals surface area contributed by atoms with Crippen molar-refractivity contribution in [2.45, 2.75) is 80.2 Å². The molecule has 0 aromatic carbocycles. The molecule has 0 aliphatic heterocycles. The van der Waals surface area contributed by atoms with Crippen molar-refractivity contribution in [3.05, 3.63) is 45.8 Å². The predicted octanol–water partition coefficient (Wildman–Crippen LogP) is 6.59. The van der Waals surface area contributed by atoms with Crippen LogP contribution in [0.2, 0.25) is 0 Å². The number of hydrogen-bond acceptors (Lipinski definition) is 3. The van der Waals surface area contributed by atoms with Crippen molar-refractivity contribution in [1.29, 1.82) is 0 Å². The summed E-state index contributed by atoms with van der Waals surface area (Å²) in [6.45, 7) is 22.5. The van der Waals surface area contributed by atoms with Crippen LogP contribution in [0.3, 0.4) is 0 Å². The van der Waals surface area contributed by atoms with E-state index in [4.69, 9.17) is 0 Å². The van der Waals surface area contributed by atoms with Gasteiger partial charge < -0.3 is 9.88 Å². The number of hydrogen-bond donors (Lipinski definition) is 1. The lowest BCUT2D eigenvalue weighted by Gasteiger charge is -2.24. The Labute approximate surface area is 166 Å². The van der Waals surface area contributed by atoms with Crippen molar-refractivity contribution < 1.29 is 0 Å². The van der Waals surface area contributed by atoms with Crippen LogP contribution in [-0.2, 0) is 0 Å². The van der Waals surface area contributed by atoms with Crippen LogP contribution in [0, 0.1) is 6.92 Å². The molecule has 0 saturated heterocycles. The van der Waals surface area contributed by atoms with Gasteiger partial charge in [0.25, 0.3) is 0 Å². The minimum atomic E-state index is -0.00773. The summed E-state index contributed by atoms with van der Waals surface area (Å²) in [7, 11) is 0. The standard InChI is InChI=1S/C18H29N3O.C5H10/c1-7-9-15(10-8-2)21-12-14(5)17(22)16(18(21)19-6)20-11-13(3)4;1-4-5(2)3/h12,15,20H,3,6-11H2,1-2,4-5H3;4H,1-3H3. The van der Waals surface area contributed by atoms with Crippen molar-refractivity contribution >= 4 is 18.2 Å². The maximum Gasteiger partial charge on any atom is 0.209 e. The summed E-state index contributed by atoms with van der Waals surface area (Å²) >= 11 is 0. The molecule has 152 valence electrons. The number of aryl methyl sites for hydroxylation is 1. The van der Waals surface area contributed by atoms with Crippen molar-refractivity contribution in [2.75, 3.05) is 11.9 Å². The zero-order valence-corrected chi connectivity index (χ0v) is 18.5. The molecule has 1 aromatic heterocycles. The summed E-state index contributed by atoms with van der Waals surface area (Å²) in [6.07, 6.45) is 8.34. The quantitative estimate of drug-likeness (QED) is 0.392. The Morgan fingerprint density at radius 1 is 1.26 bits per heavy atom. The van der Waals surface area contributed by atoms with E-state index < -0.39 is 0 Å². The van der Waals surface area contributed by atoms with Gasteiger partial charge in [-0.05, 0) is 54.2 Å². The van der Waals surface area contributed by atoms with E-state index in [0.717, 1.165) is 36.8 Å². The second-order valence-electron chi connectivity index (χ2n) is 7.31. The molecular weight excluding hydrogens is 334 g/mol. The fourth-order valence-corrected chi connectivity index (χ4v) is 2.68. The Hall–Kier alpha value is -2.10. The van der Waals surface area contributed by atoms with Crippen LogP contribution in [0.4, 0.5) is 11.5 Å². The molecule has 0 fully saturated rings. The highest BCUT2D eigenvalue weighted by Gasteiger charge is 2.18. The SMILES string of the molecule is C=Nc1c(NCC(=C)C)c(=O)c(C)cn1C(CCC)CCC.CC=C(C)C. The van der Waals surface area contributed by atoms with Crippen LogP contribution in [0.15, 0.2) is 39.8 Å². The zero-order valence-electron chi connectivity index (χ0n) is 18.5. The lowest BCUT2D eigenvalue weighted by molar-refractivity contribution is 0.427. The van der Waals surface area contributed by atoms with Crippen molar-refractivity contribution in [3.63, 3.8) is 0 Å². The Morgan fingerprint density at radius 2 is 1.78 bits per heavy atom. The molecule has 27 heavy (non-hydrogen) atoms. The molecule has 1 N–H and O–H groups in total. The molecular formula is C23H39N3O. The number of nitrogens with zero attached hydrogens (tertiary/aromatic N) is 2. The molecule has 0 radical (unpaired) electrons. The number of aromatic nitrogens is 1. The average Bonchev–Trinajstić information content (AvgIpc) is 2.62. The summed E-state index contributed by atoms with van der Waals surface area (Å²) < 4.78 is 2.12. The number of rotatable bonds is 9. The smallest absolute Gasteiger partial charge is 0.209 e. The third-order valence-corrected chi connectivity index (χ3v) is 4.32. The van der Waals surface area contributed by atoms with Gasteiger partial charge in [0.2, 0.25) is 5.43 Å². The molecule has 4 nitrogen and oxygen atoms in total. The van der Waals surface area contributed by atoms with Gasteiger partial charge in [-0.15, -0.1) is 0 Å². The molecule has 0 unspecified atom stereocenters. The maximum absolute atomic E-state index is 12.5. The van der Waals surface area contributed by atoms with Gasteiger partial charge >= 0.3 is 0 Å². The predicted molar refractivity (Wildman–Crippen MR) is 122 cm³/mol. The summed E-state index contributed by atoms with van der Waals surface area (Å²) in [6, 6.07) is 0.347. The number of allylic oxidation sites excluding steroid dienone is 2. The summed E-state index contributed by atoms with van der Waals surface area (Å²) in [5.74, 6) is 0.642. The zero-order chi connectivity index (χ0) is 21.0. The number of nitrogens with one attached hydrogen (secondary N) is 1. The average molecular weight is 374 g/mol. The minimum Gasteiger partial charge on any atom is -0.375 e. The third-order valence-electron chi connectivity index (χ3n) is 4.32. The van der Waals surface area contributed by atoms with Gasteiger partial charge in [-0.3, -0.25) is 4.79 Å². The molecule has 1 aromatic rings. The highest BCUT2D eigenvalue weighted by Crippen LogP contribution is 2.30. The van der Waals surface area contributed by atoms with Gasteiger partial charge in [-0.2, -0.15) is 0 Å². The van der Waals surface area contributed by atoms with Crippen LogP contribution in [0.1, 0.15) is 78.8 Å². The van der Waals surface area contributed by atoms with E-state index >= 15 is 0 Å². The first kappa shape index (κ1) is 24.9. The highest BCUT2D eigenvalue weighted by atomic mass is 16.1. The lowest BCUT2D eigenvalue weighted by atomic mass is 10.1. The van der Waals surface area contributed by atoms with Crippen molar-refractivity contribution in [3.8, 4) is 0 Å². The lowest BCUT2D eigenvalue weighted by Crippen LogP contribution is -2.21. The fraction of sp³-hybridized carbons (Fsp3) is 0.565. The van der Waals surface area contributed by atoms with Gasteiger partial charge in [-0.25, -0.2) is 4.99 Å². The Morgan fingerprint density at radius 3 is 2.15 bits per heavy atom. The maximum atomic E-state index is 12.5. The summed E-state index contributed by atoms with van der Waals surface area (Å²) in [5.41, 5.74) is 3.61. The van der Waals surface area contributed by atoms with Gasteiger partial charge in [0.1, 0.15) is 5.69 Å². The van der Waals surface area contributed by atoms with Gasteiger partial charge in [0.15, 0.2) is 5.82 Å². The monoisotopic (exact) mass is 373 g/mol. The first-order chi connectivity index (χ1) is 12.7. The molecule has 0 atom stereocenters. The summed E-state index contributed by atoms with van der Waals surface area (Å²) in [5, 5.41) is 3.19. The molecule has 1 rings (SSSR count). The fourth-order valence-electron chi connectivity index (χ4n) is 2.68. The Kier molecular flexibility index (Phi) is 12.1. The Bertz CT molecular complexity index is 688. The Balaban J connectivity index is 0.00000119. The molecule has 0 saturated carbocycles. The topological polar surface area (TPSA) is 46.4 Å². The molecule has 0 amide bonds. The minimum absolute atomic E-state index is 0.00773. The number of pyridine rings is 1. The van der Waals surface area contributed by atoms with E-state index in [0.29, 0.717) is 24.1 Å². The normalized spacial score (nSPS) is 10.1. The first-order valence-electron chi connectivity index (χ1n) is 9.93. The van der Waals surface area contributed by atoms with E-state index in [1.54, 1.807) is 0 Å². The number of aliphatic imine (C=N–C) groups is 1. The molecule has 1 heterocycles. The highest BCUT2D eigenvalue weighted by molar-refractivity contribution is 5.65. The molecule has 0 bridgehead atoms. The van der Waals surface area contributed by atoms with Crippen molar-refractivity contribution in [2.24, 2.45) is 4.99 Å². The third kappa shape index (κ3) is 8.42. The van der Waals surface area contributed by atoms with Crippen LogP contribution >= 0.6 is 0 Å². The van der Waals surface area contributed by atoms with Crippen molar-refractivity contribution in [1.82, 2.24) is 4.57 Å². The molecule has 0 aliphatic carbocycles. The number of anilines is 1.